The number of benzene rings is 2. The summed E-state index contributed by atoms with van der Waals surface area (Å²) < 4.78 is 50.9. The van der Waals surface area contributed by atoms with Gasteiger partial charge in [-0.1, -0.05) is 11.3 Å². The van der Waals surface area contributed by atoms with E-state index < -0.39 is 30.7 Å². The van der Waals surface area contributed by atoms with Gasteiger partial charge in [-0.05, 0) is 43.2 Å². The van der Waals surface area contributed by atoms with Crippen LogP contribution in [0.4, 0.5) is 10.8 Å². The number of nitrogens with zero attached hydrogens (tertiary/aromatic N) is 3. The fourth-order valence-corrected chi connectivity index (χ4v) is 6.66. The smallest absolute Gasteiger partial charge is 0.270 e. The van der Waals surface area contributed by atoms with Gasteiger partial charge in [-0.15, -0.1) is 0 Å². The molecular formula is C20H20N4O7S3. The molecule has 0 radical (unpaired) electrons. The molecular weight excluding hydrogens is 504 g/mol. The molecule has 2 heterocycles. The second-order valence-corrected chi connectivity index (χ2v) is 12.8. The summed E-state index contributed by atoms with van der Waals surface area (Å²) in [5.74, 6) is -0.705. The first kappa shape index (κ1) is 24.2. The molecule has 1 aromatic heterocycles. The molecule has 11 nitrogen and oxygen atoms in total. The van der Waals surface area contributed by atoms with E-state index in [0.29, 0.717) is 28.2 Å². The van der Waals surface area contributed by atoms with Crippen molar-refractivity contribution in [3.8, 4) is 0 Å². The van der Waals surface area contributed by atoms with Crippen molar-refractivity contribution in [3.05, 3.63) is 52.6 Å². The number of hydrogen-bond acceptors (Lipinski definition) is 9. The van der Waals surface area contributed by atoms with Crippen LogP contribution in [0.5, 0.6) is 0 Å². The highest BCUT2D eigenvalue weighted by atomic mass is 32.2. The van der Waals surface area contributed by atoms with Crippen LogP contribution in [0.1, 0.15) is 12.8 Å². The summed E-state index contributed by atoms with van der Waals surface area (Å²) in [5, 5.41) is 14.0. The molecule has 1 N–H and O–H groups in total. The van der Waals surface area contributed by atoms with Crippen LogP contribution in [-0.2, 0) is 24.7 Å². The first-order valence-electron chi connectivity index (χ1n) is 10.1. The molecule has 0 atom stereocenters. The second kappa shape index (κ2) is 9.02. The van der Waals surface area contributed by atoms with Crippen LogP contribution >= 0.6 is 11.3 Å². The molecule has 180 valence electrons. The van der Waals surface area contributed by atoms with E-state index >= 15 is 0 Å². The number of carbonyl (C=O) groups excluding carboxylic acids is 1. The average Bonchev–Trinajstić information content (AvgIpc) is 3.20. The second-order valence-electron chi connectivity index (χ2n) is 7.84. The minimum atomic E-state index is -3.82. The number of aromatic nitrogens is 1. The monoisotopic (exact) mass is 524 g/mol. The van der Waals surface area contributed by atoms with E-state index in [0.717, 1.165) is 17.6 Å². The van der Waals surface area contributed by atoms with Crippen molar-refractivity contribution in [1.82, 2.24) is 9.29 Å². The Morgan fingerprint density at radius 1 is 1.09 bits per heavy atom. The molecule has 1 aliphatic heterocycles. The predicted octanol–water partition coefficient (Wildman–Crippen LogP) is 2.65. The van der Waals surface area contributed by atoms with E-state index in [1.807, 2.05) is 0 Å². The van der Waals surface area contributed by atoms with Gasteiger partial charge in [0.2, 0.25) is 15.9 Å². The van der Waals surface area contributed by atoms with Crippen molar-refractivity contribution < 1.29 is 26.6 Å². The molecule has 0 spiro atoms. The van der Waals surface area contributed by atoms with Gasteiger partial charge in [0.25, 0.3) is 5.69 Å². The third kappa shape index (κ3) is 4.94. The number of non-ortho nitro benzene ring substituents is 1. The van der Waals surface area contributed by atoms with Crippen molar-refractivity contribution in [2.24, 2.45) is 5.92 Å². The summed E-state index contributed by atoms with van der Waals surface area (Å²) >= 11 is 1.13. The Labute approximate surface area is 199 Å². The predicted molar refractivity (Wildman–Crippen MR) is 126 cm³/mol. The van der Waals surface area contributed by atoms with E-state index in [9.17, 15) is 31.7 Å². The molecule has 1 amide bonds. The van der Waals surface area contributed by atoms with Crippen molar-refractivity contribution in [2.75, 3.05) is 24.7 Å². The molecule has 3 aromatic rings. The number of hydrogen-bond donors (Lipinski definition) is 1. The number of anilines is 1. The van der Waals surface area contributed by atoms with Gasteiger partial charge in [0.15, 0.2) is 15.0 Å². The van der Waals surface area contributed by atoms with Crippen LogP contribution in [0.15, 0.2) is 52.3 Å². The third-order valence-corrected chi connectivity index (χ3v) is 9.50. The number of carbonyl (C=O) groups is 1. The highest BCUT2D eigenvalue weighted by Crippen LogP contribution is 2.31. The highest BCUT2D eigenvalue weighted by molar-refractivity contribution is 7.90. The Kier molecular flexibility index (Phi) is 6.42. The topological polar surface area (TPSA) is 157 Å². The SMILES string of the molecule is CS(=O)(=O)c1ccc(S(=O)(=O)N2CCC(C(=O)Nc3nc4ccc([N+](=O)[O-])cc4s3)CC2)cc1. The van der Waals surface area contributed by atoms with Crippen LogP contribution in [0.2, 0.25) is 0 Å². The zero-order chi connectivity index (χ0) is 24.7. The first-order chi connectivity index (χ1) is 15.9. The largest absolute Gasteiger partial charge is 0.302 e. The number of sulfone groups is 1. The van der Waals surface area contributed by atoms with E-state index in [2.05, 4.69) is 10.3 Å². The van der Waals surface area contributed by atoms with Crippen molar-refractivity contribution in [2.45, 2.75) is 22.6 Å². The quantitative estimate of drug-likeness (QED) is 0.381. The molecule has 1 saturated heterocycles. The Balaban J connectivity index is 1.39. The zero-order valence-corrected chi connectivity index (χ0v) is 20.3. The summed E-state index contributed by atoms with van der Waals surface area (Å²) in [5.41, 5.74) is 0.474. The van der Waals surface area contributed by atoms with Gasteiger partial charge in [0, 0.05) is 37.4 Å². The Bertz CT molecular complexity index is 1470. The molecule has 0 unspecified atom stereocenters. The standard InChI is InChI=1S/C20H20N4O7S3/c1-33(28,29)15-3-5-16(6-4-15)34(30,31)23-10-8-13(9-11-23)19(25)22-20-21-17-7-2-14(24(26)27)12-18(17)32-20/h2-7,12-13H,8-11H2,1H3,(H,21,22,25). The summed E-state index contributed by atoms with van der Waals surface area (Å²) in [6.45, 7) is 0.278. The molecule has 1 fully saturated rings. The van der Waals surface area contributed by atoms with Crippen molar-refractivity contribution >= 4 is 58.1 Å². The normalized spacial score (nSPS) is 15.9. The number of sulfonamides is 1. The number of rotatable bonds is 6. The Morgan fingerprint density at radius 2 is 1.71 bits per heavy atom. The number of nitro benzene ring substituents is 1. The molecule has 2 aromatic carbocycles. The van der Waals surface area contributed by atoms with E-state index in [1.165, 1.54) is 46.8 Å². The van der Waals surface area contributed by atoms with Gasteiger partial charge >= 0.3 is 0 Å². The highest BCUT2D eigenvalue weighted by Gasteiger charge is 2.32. The van der Waals surface area contributed by atoms with E-state index in [-0.39, 0.29) is 34.5 Å². The Hall–Kier alpha value is -2.94. The molecule has 1 aliphatic rings. The lowest BCUT2D eigenvalue weighted by Crippen LogP contribution is -2.41. The van der Waals surface area contributed by atoms with Crippen molar-refractivity contribution in [3.63, 3.8) is 0 Å². The molecule has 14 heteroatoms. The van der Waals surface area contributed by atoms with E-state index in [1.54, 1.807) is 0 Å². The maximum Gasteiger partial charge on any atom is 0.270 e. The summed E-state index contributed by atoms with van der Waals surface area (Å²) in [6, 6.07) is 9.31. The van der Waals surface area contributed by atoms with Gasteiger partial charge in [0.05, 0.1) is 24.9 Å². The maximum absolute atomic E-state index is 12.9. The lowest BCUT2D eigenvalue weighted by Gasteiger charge is -2.30. The van der Waals surface area contributed by atoms with Crippen LogP contribution < -0.4 is 5.32 Å². The van der Waals surface area contributed by atoms with Crippen molar-refractivity contribution in [1.29, 1.82) is 0 Å². The summed E-state index contributed by atoms with van der Waals surface area (Å²) in [6.07, 6.45) is 1.66. The molecule has 34 heavy (non-hydrogen) atoms. The van der Waals surface area contributed by atoms with E-state index in [4.69, 9.17) is 0 Å². The van der Waals surface area contributed by atoms with Gasteiger partial charge in [-0.3, -0.25) is 14.9 Å². The minimum absolute atomic E-state index is 0.00799. The van der Waals surface area contributed by atoms with Gasteiger partial charge in [-0.25, -0.2) is 21.8 Å². The Morgan fingerprint density at radius 3 is 2.29 bits per heavy atom. The fraction of sp³-hybridized carbons (Fsp3) is 0.300. The molecule has 0 bridgehead atoms. The van der Waals surface area contributed by atoms with Gasteiger partial charge in [-0.2, -0.15) is 4.31 Å². The number of nitrogens with one attached hydrogen (secondary N) is 1. The van der Waals surface area contributed by atoms with Crippen LogP contribution in [-0.4, -0.2) is 56.3 Å². The number of piperidine rings is 1. The molecule has 4 rings (SSSR count). The zero-order valence-electron chi connectivity index (χ0n) is 17.9. The lowest BCUT2D eigenvalue weighted by molar-refractivity contribution is -0.384. The third-order valence-electron chi connectivity index (χ3n) is 5.53. The van der Waals surface area contributed by atoms with Crippen LogP contribution in [0.3, 0.4) is 0 Å². The number of thiazole rings is 1. The fourth-order valence-electron chi connectivity index (χ4n) is 3.65. The van der Waals surface area contributed by atoms with Gasteiger partial charge < -0.3 is 5.32 Å². The maximum atomic E-state index is 12.9. The average molecular weight is 525 g/mol. The number of fused-ring (bicyclic) bond motifs is 1. The number of nitro groups is 1. The molecule has 0 saturated carbocycles. The summed E-state index contributed by atoms with van der Waals surface area (Å²) in [7, 11) is -7.25. The molecule has 0 aliphatic carbocycles. The summed E-state index contributed by atoms with van der Waals surface area (Å²) in [4.78, 5) is 27.4. The number of amides is 1. The first-order valence-corrected chi connectivity index (χ1v) is 14.3. The lowest BCUT2D eigenvalue weighted by atomic mass is 9.97. The minimum Gasteiger partial charge on any atom is -0.302 e. The van der Waals surface area contributed by atoms with Crippen LogP contribution in [0, 0.1) is 16.0 Å². The van der Waals surface area contributed by atoms with Gasteiger partial charge in [0.1, 0.15) is 0 Å². The van der Waals surface area contributed by atoms with Crippen LogP contribution in [0.25, 0.3) is 10.2 Å².